The number of para-hydroxylation sites is 1. The van der Waals surface area contributed by atoms with Gasteiger partial charge in [-0.25, -0.2) is 0 Å². The summed E-state index contributed by atoms with van der Waals surface area (Å²) in [7, 11) is 1.95. The first-order chi connectivity index (χ1) is 8.24. The van der Waals surface area contributed by atoms with Gasteiger partial charge in [-0.2, -0.15) is 10.2 Å². The van der Waals surface area contributed by atoms with Gasteiger partial charge in [0.1, 0.15) is 0 Å². The monoisotopic (exact) mass is 227 g/mol. The van der Waals surface area contributed by atoms with E-state index < -0.39 is 0 Å². The molecule has 5 heteroatoms. The smallest absolute Gasteiger partial charge is 0.0918 e. The average molecular weight is 227 g/mol. The molecule has 0 spiro atoms. The van der Waals surface area contributed by atoms with E-state index in [0.717, 1.165) is 16.6 Å². The first-order valence-corrected chi connectivity index (χ1v) is 5.42. The number of hydrogen-bond acceptors (Lipinski definition) is 3. The van der Waals surface area contributed by atoms with Crippen molar-refractivity contribution in [3.63, 3.8) is 0 Å². The van der Waals surface area contributed by atoms with Gasteiger partial charge in [0.25, 0.3) is 0 Å². The molecule has 2 heterocycles. The van der Waals surface area contributed by atoms with Crippen LogP contribution < -0.4 is 5.73 Å². The summed E-state index contributed by atoms with van der Waals surface area (Å²) in [4.78, 5) is 0. The van der Waals surface area contributed by atoms with Gasteiger partial charge in [0.05, 0.1) is 29.6 Å². The van der Waals surface area contributed by atoms with Crippen LogP contribution in [0.1, 0.15) is 5.69 Å². The van der Waals surface area contributed by atoms with E-state index in [2.05, 4.69) is 22.3 Å². The Morgan fingerprint density at radius 1 is 1.29 bits per heavy atom. The van der Waals surface area contributed by atoms with Crippen LogP contribution in [0.2, 0.25) is 0 Å². The maximum absolute atomic E-state index is 5.64. The van der Waals surface area contributed by atoms with E-state index in [9.17, 15) is 0 Å². The minimum atomic E-state index is 0.637. The maximum atomic E-state index is 5.64. The summed E-state index contributed by atoms with van der Waals surface area (Å²) in [6, 6.07) is 8.17. The van der Waals surface area contributed by atoms with Crippen LogP contribution in [0.15, 0.2) is 36.7 Å². The van der Waals surface area contributed by atoms with Crippen LogP contribution in [0, 0.1) is 0 Å². The fourth-order valence-corrected chi connectivity index (χ4v) is 2.02. The third kappa shape index (κ3) is 1.65. The van der Waals surface area contributed by atoms with Crippen LogP contribution in [0.5, 0.6) is 0 Å². The predicted molar refractivity (Wildman–Crippen MR) is 66.5 cm³/mol. The minimum absolute atomic E-state index is 0.637. The summed E-state index contributed by atoms with van der Waals surface area (Å²) in [5.74, 6) is 0. The van der Waals surface area contributed by atoms with E-state index in [1.807, 2.05) is 30.1 Å². The molecule has 3 aromatic rings. The van der Waals surface area contributed by atoms with Crippen molar-refractivity contribution in [1.82, 2.24) is 19.6 Å². The zero-order valence-electron chi connectivity index (χ0n) is 9.54. The average Bonchev–Trinajstić information content (AvgIpc) is 2.86. The van der Waals surface area contributed by atoms with Gasteiger partial charge in [-0.15, -0.1) is 0 Å². The number of aromatic nitrogens is 4. The summed E-state index contributed by atoms with van der Waals surface area (Å²) in [6.07, 6.45) is 3.45. The molecule has 0 atom stereocenters. The molecule has 0 saturated carbocycles. The molecule has 0 amide bonds. The lowest BCUT2D eigenvalue weighted by Gasteiger charge is -1.97. The Morgan fingerprint density at radius 3 is 2.88 bits per heavy atom. The first-order valence-electron chi connectivity index (χ1n) is 5.42. The summed E-state index contributed by atoms with van der Waals surface area (Å²) < 4.78 is 3.68. The Balaban J connectivity index is 2.06. The van der Waals surface area contributed by atoms with Crippen LogP contribution >= 0.6 is 0 Å². The van der Waals surface area contributed by atoms with E-state index in [1.165, 1.54) is 0 Å². The van der Waals surface area contributed by atoms with Gasteiger partial charge in [0.2, 0.25) is 0 Å². The van der Waals surface area contributed by atoms with Crippen LogP contribution in [-0.4, -0.2) is 19.6 Å². The van der Waals surface area contributed by atoms with Gasteiger partial charge in [-0.3, -0.25) is 9.36 Å². The number of nitrogen functional groups attached to an aromatic ring is 1. The third-order valence-electron chi connectivity index (χ3n) is 2.80. The van der Waals surface area contributed by atoms with Gasteiger partial charge < -0.3 is 5.73 Å². The normalized spacial score (nSPS) is 11.1. The van der Waals surface area contributed by atoms with Gasteiger partial charge in [-0.1, -0.05) is 18.2 Å². The molecule has 2 aromatic heterocycles. The van der Waals surface area contributed by atoms with Crippen molar-refractivity contribution >= 4 is 16.6 Å². The van der Waals surface area contributed by atoms with Crippen molar-refractivity contribution in [2.45, 2.75) is 6.54 Å². The molecular formula is C12H13N5. The highest BCUT2D eigenvalue weighted by molar-refractivity contribution is 5.81. The highest BCUT2D eigenvalue weighted by atomic mass is 15.3. The SMILES string of the molecule is Cn1nc(Cn2cc(N)cn2)c2ccccc21. The summed E-state index contributed by atoms with van der Waals surface area (Å²) in [6.45, 7) is 0.637. The second-order valence-corrected chi connectivity index (χ2v) is 4.06. The minimum Gasteiger partial charge on any atom is -0.396 e. The molecule has 3 rings (SSSR count). The Morgan fingerprint density at radius 2 is 2.12 bits per heavy atom. The summed E-state index contributed by atoms with van der Waals surface area (Å²) in [5.41, 5.74) is 8.45. The Kier molecular flexibility index (Phi) is 2.11. The summed E-state index contributed by atoms with van der Waals surface area (Å²) >= 11 is 0. The predicted octanol–water partition coefficient (Wildman–Crippen LogP) is 1.40. The van der Waals surface area contributed by atoms with E-state index >= 15 is 0 Å². The molecule has 0 aliphatic rings. The van der Waals surface area contributed by atoms with Crippen molar-refractivity contribution in [2.24, 2.45) is 7.05 Å². The van der Waals surface area contributed by atoms with Crippen molar-refractivity contribution in [3.8, 4) is 0 Å². The zero-order valence-corrected chi connectivity index (χ0v) is 9.54. The van der Waals surface area contributed by atoms with Gasteiger partial charge in [0, 0.05) is 18.6 Å². The molecule has 0 aliphatic carbocycles. The van der Waals surface area contributed by atoms with Crippen LogP contribution in [-0.2, 0) is 13.6 Å². The molecule has 17 heavy (non-hydrogen) atoms. The van der Waals surface area contributed by atoms with E-state index in [-0.39, 0.29) is 0 Å². The Hall–Kier alpha value is -2.30. The molecule has 0 saturated heterocycles. The van der Waals surface area contributed by atoms with Crippen LogP contribution in [0.25, 0.3) is 10.9 Å². The first kappa shape index (κ1) is 9.89. The lowest BCUT2D eigenvalue weighted by Crippen LogP contribution is -2.01. The third-order valence-corrected chi connectivity index (χ3v) is 2.80. The molecule has 0 bridgehead atoms. The quantitative estimate of drug-likeness (QED) is 0.719. The molecule has 0 unspecified atom stereocenters. The fraction of sp³-hybridized carbons (Fsp3) is 0.167. The second-order valence-electron chi connectivity index (χ2n) is 4.06. The number of fused-ring (bicyclic) bond motifs is 1. The van der Waals surface area contributed by atoms with Crippen molar-refractivity contribution in [3.05, 3.63) is 42.4 Å². The van der Waals surface area contributed by atoms with E-state index in [0.29, 0.717) is 12.2 Å². The van der Waals surface area contributed by atoms with Gasteiger partial charge in [0.15, 0.2) is 0 Å². The van der Waals surface area contributed by atoms with Crippen molar-refractivity contribution in [1.29, 1.82) is 0 Å². The number of benzene rings is 1. The van der Waals surface area contributed by atoms with Crippen molar-refractivity contribution < 1.29 is 0 Å². The van der Waals surface area contributed by atoms with Crippen molar-refractivity contribution in [2.75, 3.05) is 5.73 Å². The largest absolute Gasteiger partial charge is 0.396 e. The number of rotatable bonds is 2. The molecule has 2 N–H and O–H groups in total. The Labute approximate surface area is 98.5 Å². The number of nitrogens with zero attached hydrogens (tertiary/aromatic N) is 4. The Bertz CT molecular complexity index is 664. The molecule has 0 aliphatic heterocycles. The molecule has 0 radical (unpaired) electrons. The van der Waals surface area contributed by atoms with E-state index in [1.54, 1.807) is 10.9 Å². The molecule has 0 fully saturated rings. The highest BCUT2D eigenvalue weighted by Crippen LogP contribution is 2.18. The van der Waals surface area contributed by atoms with Crippen LogP contribution in [0.4, 0.5) is 5.69 Å². The summed E-state index contributed by atoms with van der Waals surface area (Å²) in [5, 5.41) is 9.84. The van der Waals surface area contributed by atoms with Crippen LogP contribution in [0.3, 0.4) is 0 Å². The number of anilines is 1. The highest BCUT2D eigenvalue weighted by Gasteiger charge is 2.08. The number of aryl methyl sites for hydroxylation is 1. The lowest BCUT2D eigenvalue weighted by molar-refractivity contribution is 0.655. The fourth-order valence-electron chi connectivity index (χ4n) is 2.02. The number of nitrogens with two attached hydrogens (primary N) is 1. The maximum Gasteiger partial charge on any atom is 0.0918 e. The number of hydrogen-bond donors (Lipinski definition) is 1. The molecular weight excluding hydrogens is 214 g/mol. The van der Waals surface area contributed by atoms with E-state index in [4.69, 9.17) is 5.73 Å². The molecule has 86 valence electrons. The topological polar surface area (TPSA) is 61.7 Å². The lowest BCUT2D eigenvalue weighted by atomic mass is 10.2. The standard InChI is InChI=1S/C12H13N5/c1-16-12-5-3-2-4-10(12)11(15-16)8-17-7-9(13)6-14-17/h2-7H,8,13H2,1H3. The second kappa shape index (κ2) is 3.62. The van der Waals surface area contributed by atoms with Gasteiger partial charge in [-0.05, 0) is 6.07 Å². The molecule has 5 nitrogen and oxygen atoms in total. The molecule has 1 aromatic carbocycles. The van der Waals surface area contributed by atoms with Gasteiger partial charge >= 0.3 is 0 Å². The zero-order chi connectivity index (χ0) is 11.8.